The number of nitrogens with one attached hydrogen (secondary N) is 1. The fourth-order valence-corrected chi connectivity index (χ4v) is 2.47. The fourth-order valence-electron chi connectivity index (χ4n) is 2.11. The Hall–Kier alpha value is -1.60. The Balaban J connectivity index is 2.20. The predicted molar refractivity (Wildman–Crippen MR) is 78.9 cm³/mol. The zero-order valence-electron chi connectivity index (χ0n) is 11.0. The average molecular weight is 342 g/mol. The third kappa shape index (κ3) is 3.29. The van der Waals surface area contributed by atoms with E-state index in [1.807, 2.05) is 6.92 Å². The lowest BCUT2D eigenvalue weighted by molar-refractivity contribution is -0.126. The molecular weight excluding hydrogens is 326 g/mol. The maximum atomic E-state index is 12.1. The number of carbonyl (C=O) groups excluding carboxylic acids is 1. The van der Waals surface area contributed by atoms with E-state index in [9.17, 15) is 4.79 Å². The quantitative estimate of drug-likeness (QED) is 0.339. The Kier molecular flexibility index (Phi) is 4.61. The number of amidine groups is 1. The number of nitrogens with zero attached hydrogens (tertiary/aromatic N) is 1. The van der Waals surface area contributed by atoms with Gasteiger partial charge in [-0.15, -0.1) is 0 Å². The molecule has 1 heterocycles. The first-order valence-electron chi connectivity index (χ1n) is 6.25. The minimum atomic E-state index is -0.455. The molecular formula is C13H16BrN3O3. The lowest BCUT2D eigenvalue weighted by atomic mass is 10.1. The van der Waals surface area contributed by atoms with E-state index >= 15 is 0 Å². The van der Waals surface area contributed by atoms with Gasteiger partial charge in [-0.3, -0.25) is 4.79 Å². The SMILES string of the molecule is CC1CCC(C(=O)Nc2cc(Br)ccc2/C(N)=N/O)O1. The summed E-state index contributed by atoms with van der Waals surface area (Å²) in [4.78, 5) is 12.1. The summed E-state index contributed by atoms with van der Waals surface area (Å²) in [5, 5.41) is 14.5. The Morgan fingerprint density at radius 2 is 2.30 bits per heavy atom. The van der Waals surface area contributed by atoms with Crippen molar-refractivity contribution in [3.05, 3.63) is 28.2 Å². The molecule has 1 aliphatic rings. The Morgan fingerprint density at radius 3 is 2.90 bits per heavy atom. The van der Waals surface area contributed by atoms with E-state index in [0.29, 0.717) is 17.7 Å². The van der Waals surface area contributed by atoms with Crippen molar-refractivity contribution < 1.29 is 14.7 Å². The van der Waals surface area contributed by atoms with Crippen molar-refractivity contribution >= 4 is 33.4 Å². The molecule has 0 spiro atoms. The van der Waals surface area contributed by atoms with Crippen molar-refractivity contribution in [2.75, 3.05) is 5.32 Å². The number of amides is 1. The van der Waals surface area contributed by atoms with Gasteiger partial charge in [-0.1, -0.05) is 21.1 Å². The first-order chi connectivity index (χ1) is 9.51. The van der Waals surface area contributed by atoms with Crippen LogP contribution >= 0.6 is 15.9 Å². The van der Waals surface area contributed by atoms with Crippen LogP contribution in [0.15, 0.2) is 27.8 Å². The highest BCUT2D eigenvalue weighted by Crippen LogP contribution is 2.24. The van der Waals surface area contributed by atoms with Gasteiger partial charge in [-0.25, -0.2) is 0 Å². The molecule has 1 saturated heterocycles. The van der Waals surface area contributed by atoms with Crippen LogP contribution in [0.3, 0.4) is 0 Å². The number of oxime groups is 1. The molecule has 108 valence electrons. The first-order valence-corrected chi connectivity index (χ1v) is 7.04. The molecule has 0 bridgehead atoms. The number of carbonyl (C=O) groups is 1. The fraction of sp³-hybridized carbons (Fsp3) is 0.385. The summed E-state index contributed by atoms with van der Waals surface area (Å²) < 4.78 is 6.30. The second kappa shape index (κ2) is 6.23. The molecule has 1 aromatic rings. The molecule has 1 aliphatic heterocycles. The van der Waals surface area contributed by atoms with E-state index in [-0.39, 0.29) is 17.8 Å². The van der Waals surface area contributed by atoms with Crippen molar-refractivity contribution in [3.63, 3.8) is 0 Å². The molecule has 2 rings (SSSR count). The van der Waals surface area contributed by atoms with Gasteiger partial charge in [0.2, 0.25) is 0 Å². The normalized spacial score (nSPS) is 22.8. The molecule has 2 unspecified atom stereocenters. The van der Waals surface area contributed by atoms with E-state index in [1.165, 1.54) is 0 Å². The molecule has 0 saturated carbocycles. The molecule has 1 fully saturated rings. The standard InChI is InChI=1S/C13H16BrN3O3/c1-7-2-5-11(20-7)13(18)16-10-6-8(14)3-4-9(10)12(15)17-19/h3-4,6-7,11,19H,2,5H2,1H3,(H2,15,17)(H,16,18). The molecule has 0 aliphatic carbocycles. The summed E-state index contributed by atoms with van der Waals surface area (Å²) in [6.45, 7) is 1.94. The Morgan fingerprint density at radius 1 is 1.55 bits per heavy atom. The van der Waals surface area contributed by atoms with Gasteiger partial charge in [-0.2, -0.15) is 0 Å². The maximum Gasteiger partial charge on any atom is 0.253 e. The lowest BCUT2D eigenvalue weighted by Crippen LogP contribution is -2.29. The number of hydrogen-bond donors (Lipinski definition) is 3. The van der Waals surface area contributed by atoms with Crippen LogP contribution < -0.4 is 11.1 Å². The average Bonchev–Trinajstić information content (AvgIpc) is 2.85. The molecule has 0 aromatic heterocycles. The van der Waals surface area contributed by atoms with Gasteiger partial charge in [0.1, 0.15) is 6.10 Å². The highest BCUT2D eigenvalue weighted by atomic mass is 79.9. The smallest absolute Gasteiger partial charge is 0.253 e. The third-order valence-corrected chi connectivity index (χ3v) is 3.64. The van der Waals surface area contributed by atoms with Crippen molar-refractivity contribution in [1.29, 1.82) is 0 Å². The van der Waals surface area contributed by atoms with Gasteiger partial charge in [-0.05, 0) is 38.0 Å². The lowest BCUT2D eigenvalue weighted by Gasteiger charge is -2.14. The molecule has 2 atom stereocenters. The van der Waals surface area contributed by atoms with Crippen LogP contribution in [0.2, 0.25) is 0 Å². The highest BCUT2D eigenvalue weighted by molar-refractivity contribution is 9.10. The maximum absolute atomic E-state index is 12.1. The molecule has 20 heavy (non-hydrogen) atoms. The van der Waals surface area contributed by atoms with Gasteiger partial charge in [0.15, 0.2) is 5.84 Å². The van der Waals surface area contributed by atoms with Crippen LogP contribution in [0, 0.1) is 0 Å². The second-order valence-electron chi connectivity index (χ2n) is 4.68. The summed E-state index contributed by atoms with van der Waals surface area (Å²) in [6, 6.07) is 5.10. The summed E-state index contributed by atoms with van der Waals surface area (Å²) in [5.74, 6) is -0.284. The minimum Gasteiger partial charge on any atom is -0.409 e. The number of benzene rings is 1. The second-order valence-corrected chi connectivity index (χ2v) is 5.59. The largest absolute Gasteiger partial charge is 0.409 e. The van der Waals surface area contributed by atoms with Crippen molar-refractivity contribution in [2.45, 2.75) is 32.0 Å². The Labute approximate surface area is 125 Å². The van der Waals surface area contributed by atoms with E-state index in [4.69, 9.17) is 15.7 Å². The number of hydrogen-bond acceptors (Lipinski definition) is 4. The van der Waals surface area contributed by atoms with Crippen LogP contribution in [0.5, 0.6) is 0 Å². The summed E-state index contributed by atoms with van der Waals surface area (Å²) in [6.07, 6.45) is 1.20. The monoisotopic (exact) mass is 341 g/mol. The molecule has 7 heteroatoms. The van der Waals surface area contributed by atoms with Gasteiger partial charge < -0.3 is 21.0 Å². The molecule has 4 N–H and O–H groups in total. The molecule has 6 nitrogen and oxygen atoms in total. The van der Waals surface area contributed by atoms with Crippen molar-refractivity contribution in [2.24, 2.45) is 10.9 Å². The van der Waals surface area contributed by atoms with Crippen LogP contribution in [-0.2, 0) is 9.53 Å². The third-order valence-electron chi connectivity index (χ3n) is 3.15. The number of ether oxygens (including phenoxy) is 1. The number of halogens is 1. The Bertz CT molecular complexity index is 548. The zero-order valence-corrected chi connectivity index (χ0v) is 12.6. The molecule has 0 radical (unpaired) electrons. The molecule has 1 aromatic carbocycles. The van der Waals surface area contributed by atoms with Crippen LogP contribution in [0.25, 0.3) is 0 Å². The van der Waals surface area contributed by atoms with Crippen molar-refractivity contribution in [3.8, 4) is 0 Å². The van der Waals surface area contributed by atoms with Crippen LogP contribution in [-0.4, -0.2) is 29.2 Å². The predicted octanol–water partition coefficient (Wildman–Crippen LogP) is 2.05. The number of anilines is 1. The van der Waals surface area contributed by atoms with Crippen LogP contribution in [0.1, 0.15) is 25.3 Å². The van der Waals surface area contributed by atoms with Gasteiger partial charge >= 0.3 is 0 Å². The van der Waals surface area contributed by atoms with E-state index in [1.54, 1.807) is 18.2 Å². The topological polar surface area (TPSA) is 96.9 Å². The summed E-state index contributed by atoms with van der Waals surface area (Å²) in [5.41, 5.74) is 6.53. The zero-order chi connectivity index (χ0) is 14.7. The van der Waals surface area contributed by atoms with E-state index < -0.39 is 6.10 Å². The first kappa shape index (κ1) is 14.8. The van der Waals surface area contributed by atoms with Gasteiger partial charge in [0, 0.05) is 10.0 Å². The van der Waals surface area contributed by atoms with Gasteiger partial charge in [0.25, 0.3) is 5.91 Å². The van der Waals surface area contributed by atoms with Gasteiger partial charge in [0.05, 0.1) is 11.8 Å². The summed E-state index contributed by atoms with van der Waals surface area (Å²) >= 11 is 3.32. The van der Waals surface area contributed by atoms with Crippen molar-refractivity contribution in [1.82, 2.24) is 0 Å². The number of rotatable bonds is 3. The summed E-state index contributed by atoms with van der Waals surface area (Å²) in [7, 11) is 0. The number of nitrogens with two attached hydrogens (primary N) is 1. The van der Waals surface area contributed by atoms with E-state index in [2.05, 4.69) is 26.4 Å². The molecule has 1 amide bonds. The highest BCUT2D eigenvalue weighted by Gasteiger charge is 2.28. The van der Waals surface area contributed by atoms with E-state index in [0.717, 1.165) is 10.9 Å². The van der Waals surface area contributed by atoms with Crippen LogP contribution in [0.4, 0.5) is 5.69 Å². The minimum absolute atomic E-state index is 0.0616.